The number of para-hydroxylation sites is 4. The van der Waals surface area contributed by atoms with Gasteiger partial charge < -0.3 is 19.0 Å². The van der Waals surface area contributed by atoms with Gasteiger partial charge in [0.2, 0.25) is 11.8 Å². The molecule has 0 aliphatic carbocycles. The van der Waals surface area contributed by atoms with E-state index in [4.69, 9.17) is 8.83 Å². The standard InChI is InChI=1S/C28H20N2O6/c31-25(32)15-19(27-29-21-8-1-3-10-23(21)35-27)13-17-6-5-7-18(12-17)14-20(16-26(33)34)28-30-22-9-2-4-11-24(22)36-28/h1-14H,15-16H2,(H,31,32)(H,33,34). The van der Waals surface area contributed by atoms with Crippen LogP contribution in [0.2, 0.25) is 0 Å². The number of hydrogen-bond donors (Lipinski definition) is 2. The molecular weight excluding hydrogens is 460 g/mol. The minimum absolute atomic E-state index is 0.234. The molecule has 3 aromatic carbocycles. The molecule has 0 bridgehead atoms. The fraction of sp³-hybridized carbons (Fsp3) is 0.0714. The number of fused-ring (bicyclic) bond motifs is 2. The number of carboxylic acid groups (broad SMARTS) is 2. The Hall–Kier alpha value is -4.98. The summed E-state index contributed by atoms with van der Waals surface area (Å²) in [5.41, 5.74) is 4.63. The topological polar surface area (TPSA) is 127 Å². The Labute approximate surface area is 204 Å². The molecule has 0 unspecified atom stereocenters. The Kier molecular flexibility index (Phi) is 6.15. The third-order valence-electron chi connectivity index (χ3n) is 5.41. The van der Waals surface area contributed by atoms with E-state index >= 15 is 0 Å². The molecule has 8 heteroatoms. The van der Waals surface area contributed by atoms with E-state index in [1.54, 1.807) is 42.5 Å². The Morgan fingerprint density at radius 2 is 1.11 bits per heavy atom. The van der Waals surface area contributed by atoms with Gasteiger partial charge in [-0.05, 0) is 53.6 Å². The van der Waals surface area contributed by atoms with E-state index in [1.807, 2.05) is 42.5 Å². The van der Waals surface area contributed by atoms with E-state index in [2.05, 4.69) is 9.97 Å². The normalized spacial score (nSPS) is 12.3. The van der Waals surface area contributed by atoms with E-state index in [0.717, 1.165) is 0 Å². The summed E-state index contributed by atoms with van der Waals surface area (Å²) in [6, 6.07) is 21.7. The van der Waals surface area contributed by atoms with Crippen molar-refractivity contribution in [1.82, 2.24) is 9.97 Å². The minimum Gasteiger partial charge on any atom is -0.481 e. The SMILES string of the molecule is O=C(O)CC(=Cc1cccc(C=C(CC(=O)O)c2nc3ccccc3o2)c1)c1nc2ccccc2o1. The first-order valence-corrected chi connectivity index (χ1v) is 11.1. The van der Waals surface area contributed by atoms with Gasteiger partial charge in [0.1, 0.15) is 11.0 Å². The number of aromatic nitrogens is 2. The molecule has 2 N–H and O–H groups in total. The molecule has 0 saturated heterocycles. The van der Waals surface area contributed by atoms with Crippen molar-refractivity contribution < 1.29 is 28.6 Å². The Bertz CT molecular complexity index is 1470. The molecule has 0 aliphatic heterocycles. The summed E-state index contributed by atoms with van der Waals surface area (Å²) in [4.78, 5) is 31.9. The molecule has 36 heavy (non-hydrogen) atoms. The van der Waals surface area contributed by atoms with E-state index < -0.39 is 11.9 Å². The van der Waals surface area contributed by atoms with E-state index in [-0.39, 0.29) is 24.6 Å². The van der Waals surface area contributed by atoms with Crippen molar-refractivity contribution in [3.63, 3.8) is 0 Å². The predicted molar refractivity (Wildman–Crippen MR) is 135 cm³/mol. The van der Waals surface area contributed by atoms with E-state index in [1.165, 1.54) is 0 Å². The van der Waals surface area contributed by atoms with Crippen molar-refractivity contribution in [3.8, 4) is 0 Å². The Morgan fingerprint density at radius 3 is 1.53 bits per heavy atom. The lowest BCUT2D eigenvalue weighted by Crippen LogP contribution is -1.98. The second kappa shape index (κ2) is 9.71. The maximum atomic E-state index is 11.5. The minimum atomic E-state index is -1.01. The van der Waals surface area contributed by atoms with Gasteiger partial charge in [0.25, 0.3) is 0 Å². The molecule has 0 amide bonds. The van der Waals surface area contributed by atoms with Gasteiger partial charge in [-0.1, -0.05) is 42.5 Å². The van der Waals surface area contributed by atoms with Crippen LogP contribution in [0.1, 0.15) is 35.7 Å². The predicted octanol–water partition coefficient (Wildman–Crippen LogP) is 6.00. The van der Waals surface area contributed by atoms with Gasteiger partial charge in [0, 0.05) is 11.1 Å². The third kappa shape index (κ3) is 5.07. The van der Waals surface area contributed by atoms with Crippen LogP contribution in [0.5, 0.6) is 0 Å². The smallest absolute Gasteiger partial charge is 0.308 e. The zero-order valence-corrected chi connectivity index (χ0v) is 18.9. The lowest BCUT2D eigenvalue weighted by atomic mass is 10.0. The molecule has 5 rings (SSSR count). The highest BCUT2D eigenvalue weighted by molar-refractivity contribution is 5.93. The lowest BCUT2D eigenvalue weighted by molar-refractivity contribution is -0.136. The molecule has 0 spiro atoms. The van der Waals surface area contributed by atoms with Crippen molar-refractivity contribution in [2.75, 3.05) is 0 Å². The van der Waals surface area contributed by atoms with Crippen LogP contribution < -0.4 is 0 Å². The molecule has 0 saturated carbocycles. The number of benzene rings is 3. The van der Waals surface area contributed by atoms with Gasteiger partial charge in [0.15, 0.2) is 11.2 Å². The van der Waals surface area contributed by atoms with Gasteiger partial charge >= 0.3 is 11.9 Å². The zero-order chi connectivity index (χ0) is 25.1. The average Bonchev–Trinajstić information content (AvgIpc) is 3.47. The average molecular weight is 480 g/mol. The lowest BCUT2D eigenvalue weighted by Gasteiger charge is -2.04. The molecular formula is C28H20N2O6. The number of carboxylic acids is 2. The van der Waals surface area contributed by atoms with Crippen LogP contribution in [0.3, 0.4) is 0 Å². The van der Waals surface area contributed by atoms with Crippen LogP contribution in [0.4, 0.5) is 0 Å². The van der Waals surface area contributed by atoms with Crippen molar-refractivity contribution in [1.29, 1.82) is 0 Å². The number of aliphatic carboxylic acids is 2. The van der Waals surface area contributed by atoms with Crippen LogP contribution in [-0.4, -0.2) is 32.1 Å². The van der Waals surface area contributed by atoms with Crippen molar-refractivity contribution in [3.05, 3.63) is 95.7 Å². The summed E-state index contributed by atoms with van der Waals surface area (Å²) >= 11 is 0. The van der Waals surface area contributed by atoms with Gasteiger partial charge in [0.05, 0.1) is 12.8 Å². The summed E-state index contributed by atoms with van der Waals surface area (Å²) < 4.78 is 11.6. The van der Waals surface area contributed by atoms with Crippen LogP contribution in [-0.2, 0) is 9.59 Å². The first-order valence-electron chi connectivity index (χ1n) is 11.1. The summed E-state index contributed by atoms with van der Waals surface area (Å²) in [6.45, 7) is 0. The maximum absolute atomic E-state index is 11.5. The highest BCUT2D eigenvalue weighted by atomic mass is 16.4. The zero-order valence-electron chi connectivity index (χ0n) is 18.9. The Morgan fingerprint density at radius 1 is 0.667 bits per heavy atom. The molecule has 0 radical (unpaired) electrons. The van der Waals surface area contributed by atoms with Crippen LogP contribution in [0.15, 0.2) is 81.6 Å². The van der Waals surface area contributed by atoms with Crippen molar-refractivity contribution in [2.24, 2.45) is 0 Å². The van der Waals surface area contributed by atoms with Gasteiger partial charge in [-0.3, -0.25) is 9.59 Å². The second-order valence-corrected chi connectivity index (χ2v) is 8.12. The Balaban J connectivity index is 1.53. The first kappa shape index (κ1) is 22.8. The number of carbonyl (C=O) groups is 2. The number of hydrogen-bond acceptors (Lipinski definition) is 6. The highest BCUT2D eigenvalue weighted by Crippen LogP contribution is 2.28. The molecule has 178 valence electrons. The largest absolute Gasteiger partial charge is 0.481 e. The summed E-state index contributed by atoms with van der Waals surface area (Å²) in [6.07, 6.45) is 2.85. The monoisotopic (exact) mass is 480 g/mol. The molecule has 2 heterocycles. The molecule has 8 nitrogen and oxygen atoms in total. The van der Waals surface area contributed by atoms with Crippen LogP contribution >= 0.6 is 0 Å². The molecule has 0 fully saturated rings. The van der Waals surface area contributed by atoms with E-state index in [0.29, 0.717) is 44.5 Å². The van der Waals surface area contributed by atoms with Gasteiger partial charge in [-0.25, -0.2) is 9.97 Å². The second-order valence-electron chi connectivity index (χ2n) is 8.12. The number of rotatable bonds is 8. The van der Waals surface area contributed by atoms with E-state index in [9.17, 15) is 19.8 Å². The fourth-order valence-electron chi connectivity index (χ4n) is 3.86. The molecule has 5 aromatic rings. The van der Waals surface area contributed by atoms with Gasteiger partial charge in [-0.15, -0.1) is 0 Å². The summed E-state index contributed by atoms with van der Waals surface area (Å²) in [7, 11) is 0. The number of oxazole rings is 2. The van der Waals surface area contributed by atoms with Crippen LogP contribution in [0.25, 0.3) is 45.5 Å². The third-order valence-corrected chi connectivity index (χ3v) is 5.41. The first-order chi connectivity index (χ1) is 17.4. The fourth-order valence-corrected chi connectivity index (χ4v) is 3.86. The number of nitrogens with zero attached hydrogens (tertiary/aromatic N) is 2. The molecule has 2 aromatic heterocycles. The van der Waals surface area contributed by atoms with Crippen LogP contribution in [0, 0.1) is 0 Å². The van der Waals surface area contributed by atoms with Crippen molar-refractivity contribution >= 4 is 57.4 Å². The van der Waals surface area contributed by atoms with Gasteiger partial charge in [-0.2, -0.15) is 0 Å². The quantitative estimate of drug-likeness (QED) is 0.277. The molecule has 0 atom stereocenters. The highest BCUT2D eigenvalue weighted by Gasteiger charge is 2.16. The maximum Gasteiger partial charge on any atom is 0.308 e. The summed E-state index contributed by atoms with van der Waals surface area (Å²) in [5.74, 6) is -1.56. The molecule has 0 aliphatic rings. The van der Waals surface area contributed by atoms with Crippen molar-refractivity contribution in [2.45, 2.75) is 12.8 Å². The summed E-state index contributed by atoms with van der Waals surface area (Å²) in [5, 5.41) is 18.9.